The molecule has 1 amide bonds. The molecule has 2 rings (SSSR count). The molecule has 0 aliphatic carbocycles. The van der Waals surface area contributed by atoms with Crippen molar-refractivity contribution in [1.82, 2.24) is 5.32 Å². The highest BCUT2D eigenvalue weighted by Gasteiger charge is 2.14. The first kappa shape index (κ1) is 17.8. The normalized spacial score (nSPS) is 11.6. The van der Waals surface area contributed by atoms with Crippen LogP contribution in [0.3, 0.4) is 0 Å². The maximum atomic E-state index is 11.2. The number of amides is 1. The Morgan fingerprint density at radius 3 is 2.67 bits per heavy atom. The molecular formula is C19H23NO4. The Hall–Kier alpha value is -2.53. The van der Waals surface area contributed by atoms with Crippen LogP contribution in [0.15, 0.2) is 54.6 Å². The Morgan fingerprint density at radius 1 is 1.17 bits per heavy atom. The number of hydrogen-bond acceptors (Lipinski definition) is 4. The van der Waals surface area contributed by atoms with E-state index in [0.29, 0.717) is 12.8 Å². The summed E-state index contributed by atoms with van der Waals surface area (Å²) in [6.07, 6.45) is 0.459. The van der Waals surface area contributed by atoms with Crippen molar-refractivity contribution in [2.45, 2.75) is 18.9 Å². The Labute approximate surface area is 142 Å². The topological polar surface area (TPSA) is 67.8 Å². The average molecular weight is 329 g/mol. The lowest BCUT2D eigenvalue weighted by molar-refractivity contribution is 0.117. The Balaban J connectivity index is 2.08. The van der Waals surface area contributed by atoms with Gasteiger partial charge < -0.3 is 19.9 Å². The van der Waals surface area contributed by atoms with Crippen LogP contribution >= 0.6 is 0 Å². The highest BCUT2D eigenvalue weighted by atomic mass is 16.5. The number of ether oxygens (including phenoxy) is 2. The number of alkyl carbamates (subject to hydrolysis) is 1. The Kier molecular flexibility index (Phi) is 7.11. The van der Waals surface area contributed by atoms with Crippen LogP contribution in [-0.4, -0.2) is 31.5 Å². The number of carbonyl (C=O) groups excluding carboxylic acids is 1. The van der Waals surface area contributed by atoms with Crippen LogP contribution in [-0.2, 0) is 11.2 Å². The van der Waals surface area contributed by atoms with Crippen LogP contribution in [0.1, 0.15) is 23.7 Å². The van der Waals surface area contributed by atoms with Gasteiger partial charge in [-0.2, -0.15) is 0 Å². The molecule has 0 bridgehead atoms. The van der Waals surface area contributed by atoms with Crippen molar-refractivity contribution in [3.8, 4) is 5.75 Å². The minimum absolute atomic E-state index is 0.103. The molecule has 0 spiro atoms. The van der Waals surface area contributed by atoms with E-state index in [1.54, 1.807) is 0 Å². The lowest BCUT2D eigenvalue weighted by Crippen LogP contribution is -2.21. The molecule has 0 radical (unpaired) electrons. The molecule has 1 atom stereocenters. The third kappa shape index (κ3) is 5.59. The number of aliphatic hydroxyl groups is 1. The van der Waals surface area contributed by atoms with E-state index in [2.05, 4.69) is 5.32 Å². The van der Waals surface area contributed by atoms with Gasteiger partial charge in [0.2, 0.25) is 0 Å². The molecule has 5 nitrogen and oxygen atoms in total. The quantitative estimate of drug-likeness (QED) is 0.781. The number of hydrogen-bond donors (Lipinski definition) is 2. The van der Waals surface area contributed by atoms with Gasteiger partial charge in [0.15, 0.2) is 0 Å². The van der Waals surface area contributed by atoms with E-state index in [-0.39, 0.29) is 19.3 Å². The smallest absolute Gasteiger partial charge is 0.406 e. The molecule has 0 fully saturated rings. The first-order valence-corrected chi connectivity index (χ1v) is 7.99. The highest BCUT2D eigenvalue weighted by molar-refractivity contribution is 5.66. The predicted octanol–water partition coefficient (Wildman–Crippen LogP) is 3.09. The van der Waals surface area contributed by atoms with Crippen molar-refractivity contribution >= 4 is 6.09 Å². The van der Waals surface area contributed by atoms with Crippen LogP contribution in [0.4, 0.5) is 4.79 Å². The third-order valence-corrected chi connectivity index (χ3v) is 3.57. The SMILES string of the molecule is CNC(=O)OCCC(Oc1cccc(CCO)c1)c1ccccc1. The zero-order valence-corrected chi connectivity index (χ0v) is 13.8. The second-order valence-corrected chi connectivity index (χ2v) is 5.31. The summed E-state index contributed by atoms with van der Waals surface area (Å²) < 4.78 is 11.2. The minimum Gasteiger partial charge on any atom is -0.486 e. The van der Waals surface area contributed by atoms with Crippen molar-refractivity contribution in [2.75, 3.05) is 20.3 Å². The maximum Gasteiger partial charge on any atom is 0.406 e. The summed E-state index contributed by atoms with van der Waals surface area (Å²) >= 11 is 0. The zero-order chi connectivity index (χ0) is 17.2. The molecule has 0 aromatic heterocycles. The van der Waals surface area contributed by atoms with E-state index < -0.39 is 6.09 Å². The van der Waals surface area contributed by atoms with Gasteiger partial charge in [0.05, 0.1) is 6.61 Å². The van der Waals surface area contributed by atoms with Gasteiger partial charge in [0.25, 0.3) is 0 Å². The summed E-state index contributed by atoms with van der Waals surface area (Å²) in [6.45, 7) is 0.362. The van der Waals surface area contributed by atoms with E-state index in [1.807, 2.05) is 54.6 Å². The lowest BCUT2D eigenvalue weighted by atomic mass is 10.1. The monoisotopic (exact) mass is 329 g/mol. The molecule has 0 aliphatic rings. The largest absolute Gasteiger partial charge is 0.486 e. The molecule has 2 aromatic rings. The second-order valence-electron chi connectivity index (χ2n) is 5.31. The number of carbonyl (C=O) groups is 1. The first-order valence-electron chi connectivity index (χ1n) is 7.99. The van der Waals surface area contributed by atoms with Crippen molar-refractivity contribution in [3.63, 3.8) is 0 Å². The molecule has 2 aromatic carbocycles. The van der Waals surface area contributed by atoms with Gasteiger partial charge in [-0.15, -0.1) is 0 Å². The summed E-state index contributed by atoms with van der Waals surface area (Å²) in [6, 6.07) is 17.5. The van der Waals surface area contributed by atoms with E-state index in [0.717, 1.165) is 16.9 Å². The molecule has 0 saturated heterocycles. The molecular weight excluding hydrogens is 306 g/mol. The zero-order valence-electron chi connectivity index (χ0n) is 13.8. The predicted molar refractivity (Wildman–Crippen MR) is 92.1 cm³/mol. The van der Waals surface area contributed by atoms with Gasteiger partial charge >= 0.3 is 6.09 Å². The Bertz CT molecular complexity index is 630. The summed E-state index contributed by atoms with van der Waals surface area (Å²) in [7, 11) is 1.53. The number of aliphatic hydroxyl groups excluding tert-OH is 1. The molecule has 128 valence electrons. The number of rotatable bonds is 8. The van der Waals surface area contributed by atoms with E-state index >= 15 is 0 Å². The summed E-state index contributed by atoms with van der Waals surface area (Å²) in [5, 5.41) is 11.5. The fraction of sp³-hybridized carbons (Fsp3) is 0.316. The average Bonchev–Trinajstić information content (AvgIpc) is 2.62. The first-order chi connectivity index (χ1) is 11.7. The standard InChI is InChI=1S/C19H23NO4/c1-20-19(22)23-13-11-18(16-7-3-2-4-8-16)24-17-9-5-6-15(14-17)10-12-21/h2-9,14,18,21H,10-13H2,1H3,(H,20,22). The van der Waals surface area contributed by atoms with Gasteiger partial charge in [-0.1, -0.05) is 42.5 Å². The van der Waals surface area contributed by atoms with Gasteiger partial charge in [0.1, 0.15) is 11.9 Å². The summed E-state index contributed by atoms with van der Waals surface area (Å²) in [4.78, 5) is 11.2. The van der Waals surface area contributed by atoms with Crippen LogP contribution < -0.4 is 10.1 Å². The van der Waals surface area contributed by atoms with Crippen molar-refractivity contribution in [2.24, 2.45) is 0 Å². The van der Waals surface area contributed by atoms with E-state index in [1.165, 1.54) is 7.05 Å². The summed E-state index contributed by atoms with van der Waals surface area (Å²) in [5.74, 6) is 0.731. The maximum absolute atomic E-state index is 11.2. The number of benzene rings is 2. The van der Waals surface area contributed by atoms with Gasteiger partial charge in [-0.25, -0.2) is 4.79 Å². The molecule has 0 saturated carbocycles. The molecule has 2 N–H and O–H groups in total. The van der Waals surface area contributed by atoms with Crippen molar-refractivity contribution in [1.29, 1.82) is 0 Å². The van der Waals surface area contributed by atoms with Crippen molar-refractivity contribution < 1.29 is 19.4 Å². The fourth-order valence-electron chi connectivity index (χ4n) is 2.36. The molecule has 24 heavy (non-hydrogen) atoms. The van der Waals surface area contributed by atoms with Crippen LogP contribution in [0.25, 0.3) is 0 Å². The van der Waals surface area contributed by atoms with E-state index in [9.17, 15) is 4.79 Å². The van der Waals surface area contributed by atoms with Crippen LogP contribution in [0.2, 0.25) is 0 Å². The minimum atomic E-state index is -0.452. The second kappa shape index (κ2) is 9.57. The van der Waals surface area contributed by atoms with Gasteiger partial charge in [0, 0.05) is 20.1 Å². The van der Waals surface area contributed by atoms with E-state index in [4.69, 9.17) is 14.6 Å². The van der Waals surface area contributed by atoms with Crippen LogP contribution in [0.5, 0.6) is 5.75 Å². The third-order valence-electron chi connectivity index (χ3n) is 3.57. The van der Waals surface area contributed by atoms with Crippen molar-refractivity contribution in [3.05, 3.63) is 65.7 Å². The number of nitrogens with one attached hydrogen (secondary N) is 1. The summed E-state index contributed by atoms with van der Waals surface area (Å²) in [5.41, 5.74) is 2.04. The fourth-order valence-corrected chi connectivity index (χ4v) is 2.36. The molecule has 0 aliphatic heterocycles. The molecule has 0 heterocycles. The molecule has 1 unspecified atom stereocenters. The van der Waals surface area contributed by atoms with Crippen LogP contribution in [0, 0.1) is 0 Å². The lowest BCUT2D eigenvalue weighted by Gasteiger charge is -2.20. The van der Waals surface area contributed by atoms with Gasteiger partial charge in [-0.3, -0.25) is 0 Å². The molecule has 5 heteroatoms. The van der Waals surface area contributed by atoms with Gasteiger partial charge in [-0.05, 0) is 29.7 Å². The Morgan fingerprint density at radius 2 is 1.96 bits per heavy atom. The highest BCUT2D eigenvalue weighted by Crippen LogP contribution is 2.25.